The van der Waals surface area contributed by atoms with Crippen molar-refractivity contribution < 1.29 is 13.2 Å². The van der Waals surface area contributed by atoms with Crippen molar-refractivity contribution in [1.82, 2.24) is 9.78 Å². The number of anilines is 1. The lowest BCUT2D eigenvalue weighted by Crippen LogP contribution is -2.04. The molecule has 0 fully saturated rings. The molecule has 0 atom stereocenters. The average Bonchev–Trinajstić information content (AvgIpc) is 2.93. The number of rotatable bonds is 2. The van der Waals surface area contributed by atoms with Crippen molar-refractivity contribution in [2.75, 3.05) is 5.73 Å². The third-order valence-electron chi connectivity index (χ3n) is 3.59. The first-order valence-corrected chi connectivity index (χ1v) is 6.92. The van der Waals surface area contributed by atoms with Gasteiger partial charge in [0, 0.05) is 24.5 Å². The van der Waals surface area contributed by atoms with Gasteiger partial charge in [0.15, 0.2) is 0 Å². The second-order valence-corrected chi connectivity index (χ2v) is 5.25. The molecular formula is C17H14F3N3. The minimum absolute atomic E-state index is 0.569. The van der Waals surface area contributed by atoms with Gasteiger partial charge in [-0.3, -0.25) is 4.68 Å². The summed E-state index contributed by atoms with van der Waals surface area (Å²) in [6.45, 7) is 0. The SMILES string of the molecule is Cn1ccc(-c2cc(-c3ccc(C(F)(F)F)cc3)ccc2N)n1. The molecule has 6 heteroatoms. The number of hydrogen-bond acceptors (Lipinski definition) is 2. The van der Waals surface area contributed by atoms with Crippen LogP contribution in [0.2, 0.25) is 0 Å². The van der Waals surface area contributed by atoms with Gasteiger partial charge in [-0.2, -0.15) is 18.3 Å². The molecule has 0 saturated carbocycles. The van der Waals surface area contributed by atoms with E-state index in [2.05, 4.69) is 5.10 Å². The number of nitrogens with two attached hydrogens (primary N) is 1. The predicted molar refractivity (Wildman–Crippen MR) is 83.5 cm³/mol. The zero-order valence-electron chi connectivity index (χ0n) is 12.3. The fourth-order valence-corrected chi connectivity index (χ4v) is 2.37. The number of alkyl halides is 3. The van der Waals surface area contributed by atoms with Crippen LogP contribution in [-0.2, 0) is 13.2 Å². The van der Waals surface area contributed by atoms with Gasteiger partial charge in [-0.05, 0) is 41.5 Å². The Morgan fingerprint density at radius 1 is 0.957 bits per heavy atom. The molecule has 3 aromatic rings. The van der Waals surface area contributed by atoms with Gasteiger partial charge >= 0.3 is 6.18 Å². The van der Waals surface area contributed by atoms with Gasteiger partial charge < -0.3 is 5.73 Å². The molecular weight excluding hydrogens is 303 g/mol. The number of hydrogen-bond donors (Lipinski definition) is 1. The lowest BCUT2D eigenvalue weighted by Gasteiger charge is -2.10. The summed E-state index contributed by atoms with van der Waals surface area (Å²) in [7, 11) is 1.80. The van der Waals surface area contributed by atoms with E-state index >= 15 is 0 Å². The Labute approximate surface area is 131 Å². The zero-order chi connectivity index (χ0) is 16.6. The molecule has 0 aliphatic carbocycles. The number of halogens is 3. The first kappa shape index (κ1) is 15.1. The van der Waals surface area contributed by atoms with Crippen LogP contribution >= 0.6 is 0 Å². The van der Waals surface area contributed by atoms with E-state index in [1.165, 1.54) is 12.1 Å². The lowest BCUT2D eigenvalue weighted by molar-refractivity contribution is -0.137. The number of aryl methyl sites for hydroxylation is 1. The minimum Gasteiger partial charge on any atom is -0.398 e. The third-order valence-corrected chi connectivity index (χ3v) is 3.59. The summed E-state index contributed by atoms with van der Waals surface area (Å²) in [5, 5.41) is 4.31. The van der Waals surface area contributed by atoms with E-state index < -0.39 is 11.7 Å². The van der Waals surface area contributed by atoms with Crippen molar-refractivity contribution in [2.24, 2.45) is 7.05 Å². The molecule has 0 amide bonds. The van der Waals surface area contributed by atoms with Crippen LogP contribution in [0.3, 0.4) is 0 Å². The second-order valence-electron chi connectivity index (χ2n) is 5.25. The molecule has 118 valence electrons. The van der Waals surface area contributed by atoms with E-state index in [-0.39, 0.29) is 0 Å². The summed E-state index contributed by atoms with van der Waals surface area (Å²) in [5.41, 5.74) is 8.85. The van der Waals surface area contributed by atoms with Crippen molar-refractivity contribution in [2.45, 2.75) is 6.18 Å². The molecule has 2 aromatic carbocycles. The summed E-state index contributed by atoms with van der Waals surface area (Å²) >= 11 is 0. The van der Waals surface area contributed by atoms with E-state index in [9.17, 15) is 13.2 Å². The molecule has 0 aliphatic heterocycles. The van der Waals surface area contributed by atoms with Crippen LogP contribution in [0.15, 0.2) is 54.7 Å². The third kappa shape index (κ3) is 3.06. The molecule has 0 radical (unpaired) electrons. The molecule has 3 rings (SSSR count). The Bertz CT molecular complexity index is 833. The van der Waals surface area contributed by atoms with E-state index in [1.54, 1.807) is 30.1 Å². The maximum absolute atomic E-state index is 12.6. The van der Waals surface area contributed by atoms with Crippen LogP contribution in [-0.4, -0.2) is 9.78 Å². The zero-order valence-corrected chi connectivity index (χ0v) is 12.3. The van der Waals surface area contributed by atoms with Crippen LogP contribution < -0.4 is 5.73 Å². The fraction of sp³-hybridized carbons (Fsp3) is 0.118. The molecule has 2 N–H and O–H groups in total. The summed E-state index contributed by atoms with van der Waals surface area (Å²) in [5.74, 6) is 0. The standard InChI is InChI=1S/C17H14F3N3/c1-23-9-8-16(22-23)14-10-12(4-7-15(14)21)11-2-5-13(6-3-11)17(18,19)20/h2-10H,21H2,1H3. The summed E-state index contributed by atoms with van der Waals surface area (Å²) < 4.78 is 39.6. The lowest BCUT2D eigenvalue weighted by atomic mass is 9.99. The van der Waals surface area contributed by atoms with Crippen molar-refractivity contribution in [3.8, 4) is 22.4 Å². The highest BCUT2D eigenvalue weighted by Gasteiger charge is 2.29. The summed E-state index contributed by atoms with van der Waals surface area (Å²) in [6, 6.07) is 12.2. The average molecular weight is 317 g/mol. The van der Waals surface area contributed by atoms with Gasteiger partial charge in [0.25, 0.3) is 0 Å². The number of nitrogen functional groups attached to an aromatic ring is 1. The van der Waals surface area contributed by atoms with Gasteiger partial charge in [0.1, 0.15) is 0 Å². The van der Waals surface area contributed by atoms with Gasteiger partial charge in [-0.1, -0.05) is 18.2 Å². The van der Waals surface area contributed by atoms with Gasteiger partial charge in [0.05, 0.1) is 11.3 Å². The van der Waals surface area contributed by atoms with E-state index in [0.717, 1.165) is 29.0 Å². The Kier molecular flexibility index (Phi) is 3.60. The Balaban J connectivity index is 2.01. The molecule has 0 bridgehead atoms. The molecule has 0 spiro atoms. The second kappa shape index (κ2) is 5.46. The molecule has 23 heavy (non-hydrogen) atoms. The smallest absolute Gasteiger partial charge is 0.398 e. The molecule has 3 nitrogen and oxygen atoms in total. The van der Waals surface area contributed by atoms with Crippen LogP contribution in [0.4, 0.5) is 18.9 Å². The Morgan fingerprint density at radius 2 is 1.61 bits per heavy atom. The highest BCUT2D eigenvalue weighted by Crippen LogP contribution is 2.33. The first-order chi connectivity index (χ1) is 10.8. The largest absolute Gasteiger partial charge is 0.416 e. The van der Waals surface area contributed by atoms with E-state index in [1.807, 2.05) is 12.1 Å². The molecule has 1 heterocycles. The maximum atomic E-state index is 12.6. The number of nitrogens with zero attached hydrogens (tertiary/aromatic N) is 2. The molecule has 0 aliphatic rings. The number of aromatic nitrogens is 2. The van der Waals surface area contributed by atoms with Crippen LogP contribution in [0, 0.1) is 0 Å². The van der Waals surface area contributed by atoms with Crippen molar-refractivity contribution >= 4 is 5.69 Å². The fourth-order valence-electron chi connectivity index (χ4n) is 2.37. The van der Waals surface area contributed by atoms with Crippen LogP contribution in [0.1, 0.15) is 5.56 Å². The number of benzene rings is 2. The van der Waals surface area contributed by atoms with Crippen molar-refractivity contribution in [1.29, 1.82) is 0 Å². The summed E-state index contributed by atoms with van der Waals surface area (Å²) in [4.78, 5) is 0. The monoisotopic (exact) mass is 317 g/mol. The van der Waals surface area contributed by atoms with Crippen LogP contribution in [0.25, 0.3) is 22.4 Å². The highest BCUT2D eigenvalue weighted by atomic mass is 19.4. The van der Waals surface area contributed by atoms with Gasteiger partial charge in [-0.25, -0.2) is 0 Å². The predicted octanol–water partition coefficient (Wildman–Crippen LogP) is 4.36. The topological polar surface area (TPSA) is 43.8 Å². The first-order valence-electron chi connectivity index (χ1n) is 6.92. The van der Waals surface area contributed by atoms with Crippen molar-refractivity contribution in [3.05, 3.63) is 60.3 Å². The van der Waals surface area contributed by atoms with E-state index in [0.29, 0.717) is 11.3 Å². The molecule has 0 unspecified atom stereocenters. The minimum atomic E-state index is -4.33. The maximum Gasteiger partial charge on any atom is 0.416 e. The van der Waals surface area contributed by atoms with E-state index in [4.69, 9.17) is 5.73 Å². The summed E-state index contributed by atoms with van der Waals surface area (Å²) in [6.07, 6.45) is -2.53. The molecule has 0 saturated heterocycles. The normalized spacial score (nSPS) is 11.7. The quantitative estimate of drug-likeness (QED) is 0.714. The molecule has 1 aromatic heterocycles. The van der Waals surface area contributed by atoms with Crippen molar-refractivity contribution in [3.63, 3.8) is 0 Å². The highest BCUT2D eigenvalue weighted by molar-refractivity contribution is 5.80. The van der Waals surface area contributed by atoms with Gasteiger partial charge in [0.2, 0.25) is 0 Å². The van der Waals surface area contributed by atoms with Crippen LogP contribution in [0.5, 0.6) is 0 Å². The Morgan fingerprint density at radius 3 is 2.17 bits per heavy atom. The Hall–Kier alpha value is -2.76. The van der Waals surface area contributed by atoms with Gasteiger partial charge in [-0.15, -0.1) is 0 Å².